The van der Waals surface area contributed by atoms with Crippen molar-refractivity contribution in [1.29, 1.82) is 5.26 Å². The number of methoxy groups -OCH3 is 1. The van der Waals surface area contributed by atoms with Crippen LogP contribution in [0.25, 0.3) is 0 Å². The maximum Gasteiger partial charge on any atom is 0.251 e. The third-order valence-corrected chi connectivity index (χ3v) is 2.07. The molecule has 0 rings (SSSR count). The highest BCUT2D eigenvalue weighted by molar-refractivity contribution is 5.80. The van der Waals surface area contributed by atoms with E-state index in [1.54, 1.807) is 11.8 Å². The first-order valence-electron chi connectivity index (χ1n) is 4.74. The molecule has 1 unspecified atom stereocenters. The standard InChI is InChI=1S/C10H18N2O2/c1-8(2)12(7-5-6-11)10(13)9(3)14-4/h8-9H,5,7H2,1-4H3. The number of ether oxygens (including phenoxy) is 1. The van der Waals surface area contributed by atoms with E-state index in [4.69, 9.17) is 10.00 Å². The number of nitriles is 1. The van der Waals surface area contributed by atoms with Gasteiger partial charge in [-0.25, -0.2) is 0 Å². The Morgan fingerprint density at radius 3 is 2.43 bits per heavy atom. The van der Waals surface area contributed by atoms with E-state index in [2.05, 4.69) is 0 Å². The number of hydrogen-bond donors (Lipinski definition) is 0. The number of rotatable bonds is 5. The zero-order valence-electron chi connectivity index (χ0n) is 9.28. The predicted molar refractivity (Wildman–Crippen MR) is 53.6 cm³/mol. The Morgan fingerprint density at radius 2 is 2.07 bits per heavy atom. The molecular weight excluding hydrogens is 180 g/mol. The lowest BCUT2D eigenvalue weighted by molar-refractivity contribution is -0.142. The quantitative estimate of drug-likeness (QED) is 0.666. The van der Waals surface area contributed by atoms with Crippen molar-refractivity contribution >= 4 is 5.91 Å². The van der Waals surface area contributed by atoms with E-state index in [9.17, 15) is 4.79 Å². The summed E-state index contributed by atoms with van der Waals surface area (Å²) in [5, 5.41) is 8.46. The molecule has 1 atom stereocenters. The van der Waals surface area contributed by atoms with Gasteiger partial charge in [-0.2, -0.15) is 5.26 Å². The lowest BCUT2D eigenvalue weighted by Crippen LogP contribution is -2.43. The van der Waals surface area contributed by atoms with Gasteiger partial charge in [0.25, 0.3) is 5.91 Å². The molecule has 0 radical (unpaired) electrons. The molecule has 0 aromatic rings. The van der Waals surface area contributed by atoms with Crippen LogP contribution < -0.4 is 0 Å². The molecule has 0 aliphatic heterocycles. The van der Waals surface area contributed by atoms with Crippen molar-refractivity contribution < 1.29 is 9.53 Å². The first-order chi connectivity index (χ1) is 6.54. The second kappa shape index (κ2) is 6.39. The second-order valence-corrected chi connectivity index (χ2v) is 3.41. The van der Waals surface area contributed by atoms with Crippen LogP contribution in [-0.4, -0.2) is 36.6 Å². The van der Waals surface area contributed by atoms with Gasteiger partial charge in [-0.3, -0.25) is 4.79 Å². The molecule has 4 heteroatoms. The molecule has 4 nitrogen and oxygen atoms in total. The van der Waals surface area contributed by atoms with Gasteiger partial charge in [-0.15, -0.1) is 0 Å². The van der Waals surface area contributed by atoms with Gasteiger partial charge in [-0.05, 0) is 20.8 Å². The SMILES string of the molecule is COC(C)C(=O)N(CCC#N)C(C)C. The van der Waals surface area contributed by atoms with Gasteiger partial charge in [0, 0.05) is 19.7 Å². The Bertz CT molecular complexity index is 221. The third-order valence-electron chi connectivity index (χ3n) is 2.07. The van der Waals surface area contributed by atoms with Crippen LogP contribution in [0.1, 0.15) is 27.2 Å². The summed E-state index contributed by atoms with van der Waals surface area (Å²) in [6.07, 6.45) is -0.0727. The Morgan fingerprint density at radius 1 is 1.50 bits per heavy atom. The summed E-state index contributed by atoms with van der Waals surface area (Å²) in [6.45, 7) is 6.04. The predicted octanol–water partition coefficient (Wildman–Crippen LogP) is 1.17. The molecule has 80 valence electrons. The van der Waals surface area contributed by atoms with E-state index < -0.39 is 6.10 Å². The number of carbonyl (C=O) groups is 1. The molecule has 1 amide bonds. The molecule has 0 aromatic carbocycles. The number of amides is 1. The largest absolute Gasteiger partial charge is 0.372 e. The summed E-state index contributed by atoms with van der Waals surface area (Å²) >= 11 is 0. The highest BCUT2D eigenvalue weighted by atomic mass is 16.5. The molecule has 0 saturated heterocycles. The number of hydrogen-bond acceptors (Lipinski definition) is 3. The molecule has 0 fully saturated rings. The van der Waals surface area contributed by atoms with Gasteiger partial charge in [0.05, 0.1) is 12.5 Å². The van der Waals surface area contributed by atoms with E-state index in [0.717, 1.165) is 0 Å². The minimum Gasteiger partial charge on any atom is -0.372 e. The lowest BCUT2D eigenvalue weighted by Gasteiger charge is -2.28. The highest BCUT2D eigenvalue weighted by Gasteiger charge is 2.21. The summed E-state index contributed by atoms with van der Waals surface area (Å²) in [7, 11) is 1.51. The maximum atomic E-state index is 11.7. The smallest absolute Gasteiger partial charge is 0.251 e. The fraction of sp³-hybridized carbons (Fsp3) is 0.800. The van der Waals surface area contributed by atoms with Crippen LogP contribution in [-0.2, 0) is 9.53 Å². The summed E-state index contributed by atoms with van der Waals surface area (Å²) in [4.78, 5) is 13.4. The maximum absolute atomic E-state index is 11.7. The van der Waals surface area contributed by atoms with E-state index in [0.29, 0.717) is 13.0 Å². The van der Waals surface area contributed by atoms with Crippen molar-refractivity contribution in [2.24, 2.45) is 0 Å². The van der Waals surface area contributed by atoms with E-state index in [1.807, 2.05) is 19.9 Å². The van der Waals surface area contributed by atoms with Gasteiger partial charge >= 0.3 is 0 Å². The Hall–Kier alpha value is -1.08. The van der Waals surface area contributed by atoms with Gasteiger partial charge < -0.3 is 9.64 Å². The van der Waals surface area contributed by atoms with Gasteiger partial charge in [0.2, 0.25) is 0 Å². The van der Waals surface area contributed by atoms with Crippen LogP contribution in [0.2, 0.25) is 0 Å². The molecule has 0 N–H and O–H groups in total. The van der Waals surface area contributed by atoms with Crippen molar-refractivity contribution in [3.05, 3.63) is 0 Å². The van der Waals surface area contributed by atoms with Crippen molar-refractivity contribution in [3.63, 3.8) is 0 Å². The van der Waals surface area contributed by atoms with Gasteiger partial charge in [0.15, 0.2) is 0 Å². The fourth-order valence-corrected chi connectivity index (χ4v) is 1.13. The molecule has 0 saturated carbocycles. The van der Waals surface area contributed by atoms with Gasteiger partial charge in [0.1, 0.15) is 6.10 Å². The normalized spacial score (nSPS) is 12.3. The summed E-state index contributed by atoms with van der Waals surface area (Å²) < 4.78 is 4.95. The van der Waals surface area contributed by atoms with Crippen LogP contribution in [0.5, 0.6) is 0 Å². The molecule has 0 heterocycles. The minimum absolute atomic E-state index is 0.0576. The van der Waals surface area contributed by atoms with Crippen molar-refractivity contribution in [2.45, 2.75) is 39.3 Å². The van der Waals surface area contributed by atoms with E-state index in [-0.39, 0.29) is 11.9 Å². The molecule has 0 aliphatic rings. The van der Waals surface area contributed by atoms with E-state index >= 15 is 0 Å². The molecule has 0 bridgehead atoms. The first kappa shape index (κ1) is 12.9. The minimum atomic E-state index is -0.434. The second-order valence-electron chi connectivity index (χ2n) is 3.41. The van der Waals surface area contributed by atoms with Crippen LogP contribution in [0.15, 0.2) is 0 Å². The Labute approximate surface area is 85.5 Å². The van der Waals surface area contributed by atoms with E-state index in [1.165, 1.54) is 7.11 Å². The zero-order chi connectivity index (χ0) is 11.1. The van der Waals surface area contributed by atoms with Crippen LogP contribution in [0.4, 0.5) is 0 Å². The van der Waals surface area contributed by atoms with Crippen molar-refractivity contribution in [2.75, 3.05) is 13.7 Å². The van der Waals surface area contributed by atoms with Crippen molar-refractivity contribution in [1.82, 2.24) is 4.90 Å². The molecular formula is C10H18N2O2. The molecule has 0 aromatic heterocycles. The highest BCUT2D eigenvalue weighted by Crippen LogP contribution is 2.04. The van der Waals surface area contributed by atoms with Crippen molar-refractivity contribution in [3.8, 4) is 6.07 Å². The fourth-order valence-electron chi connectivity index (χ4n) is 1.13. The Balaban J connectivity index is 4.34. The Kier molecular flexibility index (Phi) is 5.89. The monoisotopic (exact) mass is 198 g/mol. The lowest BCUT2D eigenvalue weighted by atomic mass is 10.2. The van der Waals surface area contributed by atoms with Crippen LogP contribution in [0, 0.1) is 11.3 Å². The molecule has 0 spiro atoms. The average molecular weight is 198 g/mol. The first-order valence-corrected chi connectivity index (χ1v) is 4.74. The molecule has 14 heavy (non-hydrogen) atoms. The van der Waals surface area contributed by atoms with Crippen LogP contribution >= 0.6 is 0 Å². The topological polar surface area (TPSA) is 53.3 Å². The number of nitrogens with zero attached hydrogens (tertiary/aromatic N) is 2. The summed E-state index contributed by atoms with van der Waals surface area (Å²) in [5.74, 6) is -0.0576. The average Bonchev–Trinajstić information content (AvgIpc) is 2.16. The van der Waals surface area contributed by atoms with Crippen LogP contribution in [0.3, 0.4) is 0 Å². The summed E-state index contributed by atoms with van der Waals surface area (Å²) in [5.41, 5.74) is 0. The third kappa shape index (κ3) is 3.75. The summed E-state index contributed by atoms with van der Waals surface area (Å²) in [6, 6.07) is 2.14. The van der Waals surface area contributed by atoms with Gasteiger partial charge in [-0.1, -0.05) is 0 Å². The number of carbonyl (C=O) groups excluding carboxylic acids is 1. The molecule has 0 aliphatic carbocycles. The zero-order valence-corrected chi connectivity index (χ0v) is 9.28.